The van der Waals surface area contributed by atoms with Crippen LogP contribution in [0.25, 0.3) is 0 Å². The zero-order valence-corrected chi connectivity index (χ0v) is 19.0. The highest BCUT2D eigenvalue weighted by Crippen LogP contribution is 2.36. The van der Waals surface area contributed by atoms with Crippen molar-refractivity contribution in [3.8, 4) is 0 Å². The Morgan fingerprint density at radius 1 is 1.09 bits per heavy atom. The third kappa shape index (κ3) is 4.88. The molecule has 1 aliphatic heterocycles. The molecule has 0 radical (unpaired) electrons. The minimum atomic E-state index is -1.43. The van der Waals surface area contributed by atoms with Crippen LogP contribution in [0.5, 0.6) is 0 Å². The molecule has 9 nitrogen and oxygen atoms in total. The molecule has 2 aliphatic rings. The number of carbonyl (C=O) groups is 4. The van der Waals surface area contributed by atoms with Crippen LogP contribution in [-0.2, 0) is 16.0 Å². The van der Waals surface area contributed by atoms with Gasteiger partial charge >= 0.3 is 12.1 Å². The van der Waals surface area contributed by atoms with Crippen LogP contribution in [0.3, 0.4) is 0 Å². The van der Waals surface area contributed by atoms with Crippen molar-refractivity contribution < 1.29 is 24.3 Å². The molecule has 1 unspecified atom stereocenters. The third-order valence-electron chi connectivity index (χ3n) is 6.61. The van der Waals surface area contributed by atoms with E-state index in [2.05, 4.69) is 10.6 Å². The van der Waals surface area contributed by atoms with Crippen LogP contribution in [0.1, 0.15) is 41.4 Å². The Kier molecular flexibility index (Phi) is 6.81. The van der Waals surface area contributed by atoms with Gasteiger partial charge in [-0.15, -0.1) is 0 Å². The van der Waals surface area contributed by atoms with E-state index in [9.17, 15) is 24.3 Å². The maximum atomic E-state index is 13.2. The second-order valence-corrected chi connectivity index (χ2v) is 8.65. The summed E-state index contributed by atoms with van der Waals surface area (Å²) in [5, 5.41) is 14.9. The van der Waals surface area contributed by atoms with Gasteiger partial charge in [-0.1, -0.05) is 36.4 Å². The van der Waals surface area contributed by atoms with Crippen molar-refractivity contribution in [3.05, 3.63) is 65.2 Å². The average molecular weight is 465 g/mol. The number of carbonyl (C=O) groups excluding carboxylic acids is 3. The van der Waals surface area contributed by atoms with Gasteiger partial charge in [0, 0.05) is 31.7 Å². The zero-order valence-electron chi connectivity index (χ0n) is 19.0. The highest BCUT2D eigenvalue weighted by molar-refractivity contribution is 5.99. The Hall–Kier alpha value is -3.88. The summed E-state index contributed by atoms with van der Waals surface area (Å²) >= 11 is 0. The van der Waals surface area contributed by atoms with Crippen molar-refractivity contribution in [1.29, 1.82) is 0 Å². The van der Waals surface area contributed by atoms with Crippen molar-refractivity contribution in [1.82, 2.24) is 15.1 Å². The first kappa shape index (κ1) is 23.3. The molecule has 2 aromatic carbocycles. The molecule has 5 amide bonds. The predicted octanol–water partition coefficient (Wildman–Crippen LogP) is 2.99. The van der Waals surface area contributed by atoms with Gasteiger partial charge in [0.15, 0.2) is 0 Å². The molecule has 0 bridgehead atoms. The summed E-state index contributed by atoms with van der Waals surface area (Å²) in [6.45, 7) is 0.559. The number of carboxylic acid groups (broad SMARTS) is 1. The van der Waals surface area contributed by atoms with E-state index in [-0.39, 0.29) is 17.9 Å². The first-order chi connectivity index (χ1) is 16.4. The molecule has 3 N–H and O–H groups in total. The molecule has 9 heteroatoms. The summed E-state index contributed by atoms with van der Waals surface area (Å²) in [6.07, 6.45) is 0.416. The Morgan fingerprint density at radius 3 is 2.56 bits per heavy atom. The van der Waals surface area contributed by atoms with E-state index in [1.165, 1.54) is 7.05 Å². The van der Waals surface area contributed by atoms with Gasteiger partial charge < -0.3 is 20.6 Å². The van der Waals surface area contributed by atoms with E-state index >= 15 is 0 Å². The number of hydrogen-bond donors (Lipinski definition) is 3. The standard InChI is InChI=1S/C25H28N4O5/c1-26-24(32)27-19-8-10-20-17(13-19)7-9-21(20)23(31)29(25(33)34)15-22(30)28-12-11-18(14-28)16-5-3-2-4-6-16/h2-6,8,10,13,18,21H,7,9,11-12,14-15H2,1H3,(H,33,34)(H2,26,27,32)/t18?,21-/m0/s1. The van der Waals surface area contributed by atoms with E-state index in [4.69, 9.17) is 0 Å². The number of aryl methyl sites for hydroxylation is 1. The van der Waals surface area contributed by atoms with Gasteiger partial charge in [0.2, 0.25) is 11.8 Å². The molecule has 1 saturated heterocycles. The lowest BCUT2D eigenvalue weighted by atomic mass is 9.99. The topological polar surface area (TPSA) is 119 Å². The van der Waals surface area contributed by atoms with Gasteiger partial charge in [0.05, 0.1) is 5.92 Å². The fourth-order valence-corrected chi connectivity index (χ4v) is 4.79. The van der Waals surface area contributed by atoms with E-state index in [0.29, 0.717) is 36.5 Å². The first-order valence-electron chi connectivity index (χ1n) is 11.4. The number of fused-ring (bicyclic) bond motifs is 1. The number of nitrogens with zero attached hydrogens (tertiary/aromatic N) is 2. The summed E-state index contributed by atoms with van der Waals surface area (Å²) in [4.78, 5) is 51.9. The molecule has 0 spiro atoms. The second-order valence-electron chi connectivity index (χ2n) is 8.65. The van der Waals surface area contributed by atoms with E-state index in [1.54, 1.807) is 23.1 Å². The minimum absolute atomic E-state index is 0.207. The molecule has 0 aromatic heterocycles. The van der Waals surface area contributed by atoms with Crippen LogP contribution >= 0.6 is 0 Å². The molecule has 0 saturated carbocycles. The van der Waals surface area contributed by atoms with Crippen molar-refractivity contribution in [3.63, 3.8) is 0 Å². The van der Waals surface area contributed by atoms with E-state index in [1.807, 2.05) is 30.3 Å². The lowest BCUT2D eigenvalue weighted by Crippen LogP contribution is -2.46. The summed E-state index contributed by atoms with van der Waals surface area (Å²) in [5.74, 6) is -1.38. The number of imide groups is 1. The average Bonchev–Trinajstić information content (AvgIpc) is 3.50. The normalized spacial score (nSPS) is 18.8. The maximum Gasteiger partial charge on any atom is 0.414 e. The van der Waals surface area contributed by atoms with Gasteiger partial charge in [-0.2, -0.15) is 0 Å². The monoisotopic (exact) mass is 464 g/mol. The van der Waals surface area contributed by atoms with Gasteiger partial charge in [0.25, 0.3) is 0 Å². The highest BCUT2D eigenvalue weighted by atomic mass is 16.4. The first-order valence-corrected chi connectivity index (χ1v) is 11.4. The number of nitrogens with one attached hydrogen (secondary N) is 2. The third-order valence-corrected chi connectivity index (χ3v) is 6.61. The van der Waals surface area contributed by atoms with Crippen LogP contribution in [0, 0.1) is 0 Å². The largest absolute Gasteiger partial charge is 0.465 e. The van der Waals surface area contributed by atoms with Crippen molar-refractivity contribution in [2.45, 2.75) is 31.1 Å². The Morgan fingerprint density at radius 2 is 1.85 bits per heavy atom. The summed E-state index contributed by atoms with van der Waals surface area (Å²) in [7, 11) is 1.52. The fraction of sp³-hybridized carbons (Fsp3) is 0.360. The van der Waals surface area contributed by atoms with Gasteiger partial charge in [-0.25, -0.2) is 14.5 Å². The number of amides is 5. The molecular weight excluding hydrogens is 436 g/mol. The number of anilines is 1. The molecule has 178 valence electrons. The summed E-state index contributed by atoms with van der Waals surface area (Å²) in [6, 6.07) is 14.8. The van der Waals surface area contributed by atoms with Crippen LogP contribution in [0.15, 0.2) is 48.5 Å². The number of benzene rings is 2. The molecule has 2 atom stereocenters. The molecule has 4 rings (SSSR count). The van der Waals surface area contributed by atoms with Gasteiger partial charge in [-0.05, 0) is 48.1 Å². The van der Waals surface area contributed by atoms with Crippen LogP contribution < -0.4 is 10.6 Å². The smallest absolute Gasteiger partial charge is 0.414 e. The number of hydrogen-bond acceptors (Lipinski definition) is 4. The molecule has 1 fully saturated rings. The van der Waals surface area contributed by atoms with Crippen LogP contribution in [0.2, 0.25) is 0 Å². The summed E-state index contributed by atoms with van der Waals surface area (Å²) < 4.78 is 0. The predicted molar refractivity (Wildman–Crippen MR) is 126 cm³/mol. The number of likely N-dealkylation sites (tertiary alicyclic amines) is 1. The summed E-state index contributed by atoms with van der Waals surface area (Å²) in [5.41, 5.74) is 3.36. The zero-order chi connectivity index (χ0) is 24.2. The second kappa shape index (κ2) is 9.94. The highest BCUT2D eigenvalue weighted by Gasteiger charge is 2.37. The lowest BCUT2D eigenvalue weighted by Gasteiger charge is -2.24. The molecule has 2 aromatic rings. The van der Waals surface area contributed by atoms with Gasteiger partial charge in [0.1, 0.15) is 6.54 Å². The lowest BCUT2D eigenvalue weighted by molar-refractivity contribution is -0.139. The molecule has 34 heavy (non-hydrogen) atoms. The fourth-order valence-electron chi connectivity index (χ4n) is 4.79. The quantitative estimate of drug-likeness (QED) is 0.629. The Bertz CT molecular complexity index is 1100. The molecular formula is C25H28N4O5. The minimum Gasteiger partial charge on any atom is -0.465 e. The van der Waals surface area contributed by atoms with E-state index in [0.717, 1.165) is 23.1 Å². The number of urea groups is 1. The molecule has 1 heterocycles. The number of rotatable bonds is 5. The Balaban J connectivity index is 1.42. The Labute approximate surface area is 197 Å². The van der Waals surface area contributed by atoms with Crippen molar-refractivity contribution in [2.75, 3.05) is 32.0 Å². The van der Waals surface area contributed by atoms with Crippen molar-refractivity contribution in [2.24, 2.45) is 0 Å². The van der Waals surface area contributed by atoms with Crippen molar-refractivity contribution >= 4 is 29.6 Å². The van der Waals surface area contributed by atoms with Gasteiger partial charge in [-0.3, -0.25) is 9.59 Å². The van der Waals surface area contributed by atoms with E-state index < -0.39 is 24.5 Å². The van der Waals surface area contributed by atoms with Crippen LogP contribution in [-0.4, -0.2) is 65.5 Å². The maximum absolute atomic E-state index is 13.2. The SMILES string of the molecule is CNC(=O)Nc1ccc2c(c1)CC[C@@H]2C(=O)N(CC(=O)N1CCC(c2ccccc2)C1)C(=O)O. The molecule has 1 aliphatic carbocycles. The van der Waals surface area contributed by atoms with Crippen LogP contribution in [0.4, 0.5) is 15.3 Å².